The van der Waals surface area contributed by atoms with Gasteiger partial charge in [-0.3, -0.25) is 0 Å². The fraction of sp³-hybridized carbons (Fsp3) is 0.429. The molecule has 3 heteroatoms. The highest BCUT2D eigenvalue weighted by Gasteiger charge is 2.04. The van der Waals surface area contributed by atoms with Gasteiger partial charge in [0, 0.05) is 5.57 Å². The van der Waals surface area contributed by atoms with E-state index in [2.05, 4.69) is 18.2 Å². The number of hydrogen-bond acceptors (Lipinski definition) is 2. The maximum Gasteiger partial charge on any atom is 0.333 e. The van der Waals surface area contributed by atoms with Gasteiger partial charge in [-0.2, -0.15) is 0 Å². The molecular weight excluding hydrogens is 152 g/mol. The molecular formula is C7H10ClO2. The molecule has 0 fully saturated rings. The SMILES string of the molecule is [CH2]C(Cl)COC(=O)C(=C)C. The first-order valence-electron chi connectivity index (χ1n) is 2.84. The van der Waals surface area contributed by atoms with Crippen LogP contribution in [0.25, 0.3) is 0 Å². The van der Waals surface area contributed by atoms with E-state index in [1.165, 1.54) is 0 Å². The Bertz CT molecular complexity index is 141. The van der Waals surface area contributed by atoms with Crippen LogP contribution in [0.3, 0.4) is 0 Å². The predicted octanol–water partition coefficient (Wildman–Crippen LogP) is 1.55. The van der Waals surface area contributed by atoms with Crippen molar-refractivity contribution < 1.29 is 9.53 Å². The van der Waals surface area contributed by atoms with Crippen LogP contribution in [-0.4, -0.2) is 18.0 Å². The van der Waals surface area contributed by atoms with Crippen LogP contribution in [0.1, 0.15) is 6.92 Å². The van der Waals surface area contributed by atoms with Gasteiger partial charge in [-0.05, 0) is 13.8 Å². The summed E-state index contributed by atoms with van der Waals surface area (Å²) in [6.45, 7) is 8.53. The van der Waals surface area contributed by atoms with E-state index in [0.717, 1.165) is 0 Å². The fourth-order valence-electron chi connectivity index (χ4n) is 0.289. The summed E-state index contributed by atoms with van der Waals surface area (Å²) in [6.07, 6.45) is 0. The van der Waals surface area contributed by atoms with Crippen molar-refractivity contribution in [2.45, 2.75) is 12.3 Å². The first kappa shape index (κ1) is 9.50. The highest BCUT2D eigenvalue weighted by molar-refractivity contribution is 6.21. The van der Waals surface area contributed by atoms with Crippen LogP contribution in [0.5, 0.6) is 0 Å². The molecule has 0 aromatic carbocycles. The minimum Gasteiger partial charge on any atom is -0.461 e. The number of ether oxygens (including phenoxy) is 1. The number of rotatable bonds is 3. The fourth-order valence-corrected chi connectivity index (χ4v) is 0.352. The zero-order valence-electron chi connectivity index (χ0n) is 5.89. The summed E-state index contributed by atoms with van der Waals surface area (Å²) in [5.74, 6) is -0.422. The molecule has 0 spiro atoms. The van der Waals surface area contributed by atoms with Crippen LogP contribution < -0.4 is 0 Å². The van der Waals surface area contributed by atoms with E-state index in [-0.39, 0.29) is 12.0 Å². The molecule has 1 atom stereocenters. The molecule has 0 aliphatic rings. The van der Waals surface area contributed by atoms with Crippen molar-refractivity contribution in [1.29, 1.82) is 0 Å². The van der Waals surface area contributed by atoms with Crippen molar-refractivity contribution in [3.63, 3.8) is 0 Å². The Hall–Kier alpha value is -0.500. The second-order valence-electron chi connectivity index (χ2n) is 1.98. The minimum atomic E-state index is -0.422. The zero-order valence-corrected chi connectivity index (χ0v) is 6.65. The summed E-state index contributed by atoms with van der Waals surface area (Å²) in [5.41, 5.74) is 0.373. The molecule has 2 nitrogen and oxygen atoms in total. The van der Waals surface area contributed by atoms with Gasteiger partial charge in [0.05, 0.1) is 5.38 Å². The van der Waals surface area contributed by atoms with E-state index in [4.69, 9.17) is 11.6 Å². The van der Waals surface area contributed by atoms with Crippen molar-refractivity contribution in [3.05, 3.63) is 19.1 Å². The van der Waals surface area contributed by atoms with Crippen LogP contribution in [-0.2, 0) is 9.53 Å². The van der Waals surface area contributed by atoms with Gasteiger partial charge in [0.25, 0.3) is 0 Å². The third kappa shape index (κ3) is 4.39. The molecule has 0 amide bonds. The van der Waals surface area contributed by atoms with Gasteiger partial charge in [0.15, 0.2) is 0 Å². The molecule has 0 aliphatic heterocycles. The monoisotopic (exact) mass is 161 g/mol. The molecule has 0 bridgehead atoms. The van der Waals surface area contributed by atoms with E-state index in [1.54, 1.807) is 6.92 Å². The number of esters is 1. The van der Waals surface area contributed by atoms with Gasteiger partial charge < -0.3 is 4.74 Å². The molecule has 0 aliphatic carbocycles. The van der Waals surface area contributed by atoms with E-state index >= 15 is 0 Å². The van der Waals surface area contributed by atoms with Crippen LogP contribution in [0.15, 0.2) is 12.2 Å². The Kier molecular flexibility index (Phi) is 4.12. The molecule has 10 heavy (non-hydrogen) atoms. The molecule has 1 unspecified atom stereocenters. The lowest BCUT2D eigenvalue weighted by Crippen LogP contribution is -2.11. The van der Waals surface area contributed by atoms with Crippen LogP contribution in [0, 0.1) is 6.92 Å². The zero-order chi connectivity index (χ0) is 8.15. The Morgan fingerprint density at radius 2 is 2.30 bits per heavy atom. The van der Waals surface area contributed by atoms with Gasteiger partial charge in [0.2, 0.25) is 0 Å². The molecule has 0 saturated heterocycles. The summed E-state index contributed by atoms with van der Waals surface area (Å²) in [7, 11) is 0. The maximum atomic E-state index is 10.6. The summed E-state index contributed by atoms with van der Waals surface area (Å²) in [4.78, 5) is 10.6. The van der Waals surface area contributed by atoms with E-state index in [9.17, 15) is 4.79 Å². The Labute approximate surface area is 65.8 Å². The number of alkyl halides is 1. The molecule has 0 aromatic heterocycles. The van der Waals surface area contributed by atoms with Crippen LogP contribution in [0.2, 0.25) is 0 Å². The third-order valence-corrected chi connectivity index (χ3v) is 0.870. The lowest BCUT2D eigenvalue weighted by molar-refractivity contribution is -0.138. The van der Waals surface area contributed by atoms with Gasteiger partial charge >= 0.3 is 5.97 Å². The van der Waals surface area contributed by atoms with Crippen molar-refractivity contribution in [3.8, 4) is 0 Å². The lowest BCUT2D eigenvalue weighted by atomic mass is 10.4. The molecule has 0 aromatic rings. The molecule has 1 radical (unpaired) electrons. The smallest absolute Gasteiger partial charge is 0.333 e. The summed E-state index contributed by atoms with van der Waals surface area (Å²) in [6, 6.07) is 0. The average Bonchev–Trinajstić information content (AvgIpc) is 1.82. The van der Waals surface area contributed by atoms with Crippen molar-refractivity contribution in [2.24, 2.45) is 0 Å². The highest BCUT2D eigenvalue weighted by atomic mass is 35.5. The Balaban J connectivity index is 3.50. The summed E-state index contributed by atoms with van der Waals surface area (Å²) < 4.78 is 4.63. The largest absolute Gasteiger partial charge is 0.461 e. The molecule has 0 N–H and O–H groups in total. The Morgan fingerprint density at radius 3 is 2.60 bits per heavy atom. The minimum absolute atomic E-state index is 0.132. The summed E-state index contributed by atoms with van der Waals surface area (Å²) in [5, 5.41) is -0.386. The van der Waals surface area contributed by atoms with E-state index < -0.39 is 5.97 Å². The van der Waals surface area contributed by atoms with Gasteiger partial charge in [0.1, 0.15) is 6.61 Å². The van der Waals surface area contributed by atoms with Gasteiger partial charge in [-0.1, -0.05) is 6.58 Å². The predicted molar refractivity (Wildman–Crippen MR) is 40.8 cm³/mol. The highest BCUT2D eigenvalue weighted by Crippen LogP contribution is 1.97. The molecule has 0 saturated carbocycles. The van der Waals surface area contributed by atoms with Crippen LogP contribution in [0.4, 0.5) is 0 Å². The Morgan fingerprint density at radius 1 is 1.80 bits per heavy atom. The number of carbonyl (C=O) groups excluding carboxylic acids is 1. The average molecular weight is 162 g/mol. The van der Waals surface area contributed by atoms with E-state index in [0.29, 0.717) is 5.57 Å². The quantitative estimate of drug-likeness (QED) is 0.357. The van der Waals surface area contributed by atoms with Crippen LogP contribution >= 0.6 is 11.6 Å². The second kappa shape index (κ2) is 4.34. The topological polar surface area (TPSA) is 26.3 Å². The van der Waals surface area contributed by atoms with Crippen molar-refractivity contribution in [1.82, 2.24) is 0 Å². The second-order valence-corrected chi connectivity index (χ2v) is 2.59. The standard InChI is InChI=1S/C7H10ClO2/c1-5(2)7(9)10-4-6(3)8/h6H,1,3-4H2,2H3. The molecule has 57 valence electrons. The maximum absolute atomic E-state index is 10.6. The first-order valence-corrected chi connectivity index (χ1v) is 3.27. The van der Waals surface area contributed by atoms with Crippen molar-refractivity contribution >= 4 is 17.6 Å². The molecule has 0 rings (SSSR count). The molecule has 0 heterocycles. The summed E-state index contributed by atoms with van der Waals surface area (Å²) >= 11 is 5.41. The lowest BCUT2D eigenvalue weighted by Gasteiger charge is -2.03. The number of hydrogen-bond donors (Lipinski definition) is 0. The number of carbonyl (C=O) groups is 1. The van der Waals surface area contributed by atoms with Gasteiger partial charge in [-0.15, -0.1) is 11.6 Å². The number of halogens is 1. The van der Waals surface area contributed by atoms with E-state index in [1.807, 2.05) is 0 Å². The van der Waals surface area contributed by atoms with Crippen molar-refractivity contribution in [2.75, 3.05) is 6.61 Å². The first-order chi connectivity index (χ1) is 4.54. The third-order valence-electron chi connectivity index (χ3n) is 0.744. The van der Waals surface area contributed by atoms with Gasteiger partial charge in [-0.25, -0.2) is 4.79 Å². The normalized spacial score (nSPS) is 12.3.